The number of carbonyl (C=O) groups is 1. The SMILES string of the molecule is CNC(=O)C(CO)NCc1ccc(OCc2ccccc2Cl)cc1. The smallest absolute Gasteiger partial charge is 0.239 e. The Labute approximate surface area is 146 Å². The molecule has 0 heterocycles. The van der Waals surface area contributed by atoms with Gasteiger partial charge in [0.05, 0.1) is 6.61 Å². The Bertz CT molecular complexity index is 662. The van der Waals surface area contributed by atoms with Crippen molar-refractivity contribution < 1.29 is 14.6 Å². The number of carbonyl (C=O) groups excluding carboxylic acids is 1. The minimum Gasteiger partial charge on any atom is -0.489 e. The van der Waals surface area contributed by atoms with Gasteiger partial charge in [0.1, 0.15) is 18.4 Å². The number of likely N-dealkylation sites (N-methyl/N-ethyl adjacent to an activating group) is 1. The van der Waals surface area contributed by atoms with Crippen LogP contribution in [-0.4, -0.2) is 30.7 Å². The number of amides is 1. The molecule has 0 radical (unpaired) electrons. The summed E-state index contributed by atoms with van der Waals surface area (Å²) in [5.41, 5.74) is 1.92. The van der Waals surface area contributed by atoms with E-state index in [9.17, 15) is 9.90 Å². The van der Waals surface area contributed by atoms with Crippen molar-refractivity contribution in [3.8, 4) is 5.75 Å². The molecule has 1 amide bonds. The van der Waals surface area contributed by atoms with Crippen LogP contribution in [0.1, 0.15) is 11.1 Å². The fourth-order valence-electron chi connectivity index (χ4n) is 2.14. The summed E-state index contributed by atoms with van der Waals surface area (Å²) in [5.74, 6) is 0.501. The molecule has 0 spiro atoms. The summed E-state index contributed by atoms with van der Waals surface area (Å²) in [6.07, 6.45) is 0. The zero-order chi connectivity index (χ0) is 17.4. The molecule has 128 valence electrons. The largest absolute Gasteiger partial charge is 0.489 e. The molecule has 1 unspecified atom stereocenters. The van der Waals surface area contributed by atoms with Crippen molar-refractivity contribution in [1.82, 2.24) is 10.6 Å². The van der Waals surface area contributed by atoms with E-state index >= 15 is 0 Å². The summed E-state index contributed by atoms with van der Waals surface area (Å²) in [6, 6.07) is 14.5. The van der Waals surface area contributed by atoms with Crippen LogP contribution in [0.3, 0.4) is 0 Å². The molecule has 2 rings (SSSR count). The summed E-state index contributed by atoms with van der Waals surface area (Å²) in [7, 11) is 1.54. The molecule has 3 N–H and O–H groups in total. The molecule has 0 saturated carbocycles. The van der Waals surface area contributed by atoms with Crippen LogP contribution in [0.25, 0.3) is 0 Å². The third kappa shape index (κ3) is 5.23. The highest BCUT2D eigenvalue weighted by molar-refractivity contribution is 6.31. The van der Waals surface area contributed by atoms with E-state index in [0.717, 1.165) is 16.9 Å². The maximum absolute atomic E-state index is 11.5. The lowest BCUT2D eigenvalue weighted by Gasteiger charge is -2.15. The fourth-order valence-corrected chi connectivity index (χ4v) is 2.33. The molecule has 0 saturated heterocycles. The summed E-state index contributed by atoms with van der Waals surface area (Å²) >= 11 is 6.10. The van der Waals surface area contributed by atoms with Crippen LogP contribution in [0, 0.1) is 0 Å². The van der Waals surface area contributed by atoms with Crippen molar-refractivity contribution in [1.29, 1.82) is 0 Å². The standard InChI is InChI=1S/C18H21ClN2O3/c1-20-18(23)17(11-22)21-10-13-6-8-15(9-7-13)24-12-14-4-2-3-5-16(14)19/h2-9,17,21-22H,10-12H2,1H3,(H,20,23). The zero-order valence-electron chi connectivity index (χ0n) is 13.5. The lowest BCUT2D eigenvalue weighted by Crippen LogP contribution is -2.44. The topological polar surface area (TPSA) is 70.6 Å². The van der Waals surface area contributed by atoms with E-state index in [1.807, 2.05) is 48.5 Å². The lowest BCUT2D eigenvalue weighted by molar-refractivity contribution is -0.123. The Hall–Kier alpha value is -2.08. The zero-order valence-corrected chi connectivity index (χ0v) is 14.2. The second kappa shape index (κ2) is 9.27. The number of hydrogen-bond acceptors (Lipinski definition) is 4. The molecule has 1 atom stereocenters. The molecule has 0 aliphatic carbocycles. The van der Waals surface area contributed by atoms with E-state index in [-0.39, 0.29) is 12.5 Å². The van der Waals surface area contributed by atoms with E-state index in [1.165, 1.54) is 7.05 Å². The van der Waals surface area contributed by atoms with Crippen molar-refractivity contribution in [2.75, 3.05) is 13.7 Å². The number of aliphatic hydroxyl groups is 1. The first-order valence-corrected chi connectivity index (χ1v) is 8.03. The van der Waals surface area contributed by atoms with Crippen molar-refractivity contribution >= 4 is 17.5 Å². The monoisotopic (exact) mass is 348 g/mol. The van der Waals surface area contributed by atoms with Crippen LogP contribution in [0.2, 0.25) is 5.02 Å². The Balaban J connectivity index is 1.86. The second-order valence-electron chi connectivity index (χ2n) is 5.25. The molecule has 0 fully saturated rings. The van der Waals surface area contributed by atoms with Gasteiger partial charge in [0, 0.05) is 24.2 Å². The van der Waals surface area contributed by atoms with Gasteiger partial charge in [0.2, 0.25) is 5.91 Å². The van der Waals surface area contributed by atoms with Gasteiger partial charge in [0.25, 0.3) is 0 Å². The number of rotatable bonds is 8. The van der Waals surface area contributed by atoms with Gasteiger partial charge >= 0.3 is 0 Å². The number of benzene rings is 2. The minimum absolute atomic E-state index is 0.239. The summed E-state index contributed by atoms with van der Waals surface area (Å²) in [6.45, 7) is 0.628. The van der Waals surface area contributed by atoms with Crippen molar-refractivity contribution in [2.45, 2.75) is 19.2 Å². The molecule has 6 heteroatoms. The first-order chi connectivity index (χ1) is 11.6. The van der Waals surface area contributed by atoms with E-state index in [1.54, 1.807) is 0 Å². The average molecular weight is 349 g/mol. The van der Waals surface area contributed by atoms with Gasteiger partial charge in [-0.25, -0.2) is 0 Å². The highest BCUT2D eigenvalue weighted by Crippen LogP contribution is 2.19. The van der Waals surface area contributed by atoms with Crippen LogP contribution < -0.4 is 15.4 Å². The summed E-state index contributed by atoms with van der Waals surface area (Å²) in [5, 5.41) is 15.4. The number of hydrogen-bond donors (Lipinski definition) is 3. The first-order valence-electron chi connectivity index (χ1n) is 7.65. The van der Waals surface area contributed by atoms with E-state index in [4.69, 9.17) is 16.3 Å². The van der Waals surface area contributed by atoms with Crippen molar-refractivity contribution in [3.05, 3.63) is 64.7 Å². The number of nitrogens with one attached hydrogen (secondary N) is 2. The predicted octanol–water partition coefficient (Wildman–Crippen LogP) is 2.12. The van der Waals surface area contributed by atoms with Gasteiger partial charge in [-0.3, -0.25) is 10.1 Å². The minimum atomic E-state index is -0.619. The van der Waals surface area contributed by atoms with Crippen LogP contribution in [-0.2, 0) is 17.9 Å². The molecule has 0 bridgehead atoms. The lowest BCUT2D eigenvalue weighted by atomic mass is 10.2. The molecular weight excluding hydrogens is 328 g/mol. The first kappa shape index (κ1) is 18.3. The number of aliphatic hydroxyl groups excluding tert-OH is 1. The molecular formula is C18H21ClN2O3. The normalized spacial score (nSPS) is 11.8. The highest BCUT2D eigenvalue weighted by Gasteiger charge is 2.14. The van der Waals surface area contributed by atoms with E-state index < -0.39 is 6.04 Å². The predicted molar refractivity (Wildman–Crippen MR) is 94.0 cm³/mol. The molecule has 5 nitrogen and oxygen atoms in total. The van der Waals surface area contributed by atoms with Gasteiger partial charge in [-0.1, -0.05) is 41.9 Å². The molecule has 0 aliphatic rings. The third-order valence-electron chi connectivity index (χ3n) is 3.57. The van der Waals surface area contributed by atoms with Crippen LogP contribution in [0.5, 0.6) is 5.75 Å². The maximum atomic E-state index is 11.5. The second-order valence-corrected chi connectivity index (χ2v) is 5.66. The van der Waals surface area contributed by atoms with Crippen LogP contribution in [0.15, 0.2) is 48.5 Å². The van der Waals surface area contributed by atoms with Gasteiger partial charge in [-0.2, -0.15) is 0 Å². The summed E-state index contributed by atoms with van der Waals surface area (Å²) in [4.78, 5) is 11.5. The molecule has 2 aromatic rings. The van der Waals surface area contributed by atoms with Crippen molar-refractivity contribution in [3.63, 3.8) is 0 Å². The Morgan fingerprint density at radius 1 is 1.21 bits per heavy atom. The van der Waals surface area contributed by atoms with Gasteiger partial charge in [-0.15, -0.1) is 0 Å². The number of halogens is 1. The van der Waals surface area contributed by atoms with Gasteiger partial charge < -0.3 is 15.2 Å². The van der Waals surface area contributed by atoms with Crippen LogP contribution >= 0.6 is 11.6 Å². The Kier molecular flexibility index (Phi) is 7.06. The molecule has 0 aliphatic heterocycles. The quantitative estimate of drug-likeness (QED) is 0.683. The fraction of sp³-hybridized carbons (Fsp3) is 0.278. The number of ether oxygens (including phenoxy) is 1. The summed E-state index contributed by atoms with van der Waals surface area (Å²) < 4.78 is 5.72. The maximum Gasteiger partial charge on any atom is 0.239 e. The highest BCUT2D eigenvalue weighted by atomic mass is 35.5. The third-order valence-corrected chi connectivity index (χ3v) is 3.94. The Morgan fingerprint density at radius 2 is 1.92 bits per heavy atom. The molecule has 24 heavy (non-hydrogen) atoms. The van der Waals surface area contributed by atoms with E-state index in [0.29, 0.717) is 18.2 Å². The molecule has 2 aromatic carbocycles. The van der Waals surface area contributed by atoms with Crippen molar-refractivity contribution in [2.24, 2.45) is 0 Å². The van der Waals surface area contributed by atoms with Gasteiger partial charge in [0.15, 0.2) is 0 Å². The van der Waals surface area contributed by atoms with Crippen LogP contribution in [0.4, 0.5) is 0 Å². The van der Waals surface area contributed by atoms with E-state index in [2.05, 4.69) is 10.6 Å². The molecule has 0 aromatic heterocycles. The average Bonchev–Trinajstić information content (AvgIpc) is 2.62. The van der Waals surface area contributed by atoms with Gasteiger partial charge in [-0.05, 0) is 23.8 Å². The Morgan fingerprint density at radius 3 is 2.54 bits per heavy atom.